The summed E-state index contributed by atoms with van der Waals surface area (Å²) in [5.74, 6) is 0. The molecule has 0 saturated heterocycles. The summed E-state index contributed by atoms with van der Waals surface area (Å²) in [6.45, 7) is 8.97. The number of rotatable bonds is 2. The van der Waals surface area contributed by atoms with E-state index in [0.717, 1.165) is 5.56 Å². The highest BCUT2D eigenvalue weighted by atomic mass is 16.1. The Morgan fingerprint density at radius 1 is 1.33 bits per heavy atom. The summed E-state index contributed by atoms with van der Waals surface area (Å²) in [6.07, 6.45) is 1.58. The van der Waals surface area contributed by atoms with Crippen LogP contribution < -0.4 is 0 Å². The predicted octanol–water partition coefficient (Wildman–Crippen LogP) is 3.13. The number of isocyanates is 1. The number of aryl methyl sites for hydroxylation is 1. The summed E-state index contributed by atoms with van der Waals surface area (Å²) < 4.78 is 0. The van der Waals surface area contributed by atoms with Crippen molar-refractivity contribution in [1.29, 1.82) is 0 Å². The Hall–Kier alpha value is -1.40. The third-order valence-corrected chi connectivity index (χ3v) is 2.53. The zero-order valence-corrected chi connectivity index (χ0v) is 9.79. The van der Waals surface area contributed by atoms with Gasteiger partial charge in [0.1, 0.15) is 0 Å². The summed E-state index contributed by atoms with van der Waals surface area (Å²) in [6, 6.07) is 6.33. The van der Waals surface area contributed by atoms with Gasteiger partial charge >= 0.3 is 0 Å². The van der Waals surface area contributed by atoms with E-state index in [2.05, 4.69) is 44.0 Å². The third kappa shape index (κ3) is 3.03. The Labute approximate surface area is 91.0 Å². The molecule has 0 bridgehead atoms. The Bertz CT molecular complexity index is 395. The number of hydrogen-bond acceptors (Lipinski definition) is 2. The zero-order valence-electron chi connectivity index (χ0n) is 9.79. The highest BCUT2D eigenvalue weighted by Gasteiger charge is 2.14. The van der Waals surface area contributed by atoms with Crippen LogP contribution in [0.4, 0.5) is 0 Å². The standard InChI is InChI=1S/C13H17NO/c1-10-5-6-12(13(2,3)4)7-11(10)8-14-9-15/h5-7H,8H2,1-4H3. The van der Waals surface area contributed by atoms with Crippen LogP contribution >= 0.6 is 0 Å². The summed E-state index contributed by atoms with van der Waals surface area (Å²) in [5, 5.41) is 0. The minimum Gasteiger partial charge on any atom is -0.211 e. The molecule has 0 aliphatic heterocycles. The number of nitrogens with zero attached hydrogens (tertiary/aromatic N) is 1. The van der Waals surface area contributed by atoms with Crippen LogP contribution in [0.25, 0.3) is 0 Å². The molecule has 15 heavy (non-hydrogen) atoms. The van der Waals surface area contributed by atoms with Crippen LogP contribution in [0.15, 0.2) is 23.2 Å². The lowest BCUT2D eigenvalue weighted by Gasteiger charge is -2.20. The number of hydrogen-bond donors (Lipinski definition) is 0. The number of carbonyl (C=O) groups excluding carboxylic acids is 1. The summed E-state index contributed by atoms with van der Waals surface area (Å²) in [7, 11) is 0. The van der Waals surface area contributed by atoms with Crippen molar-refractivity contribution >= 4 is 6.08 Å². The molecule has 1 aromatic rings. The molecular formula is C13H17NO. The lowest BCUT2D eigenvalue weighted by atomic mass is 9.85. The topological polar surface area (TPSA) is 29.4 Å². The molecule has 0 aliphatic rings. The first kappa shape index (κ1) is 11.7. The molecule has 0 fully saturated rings. The van der Waals surface area contributed by atoms with E-state index in [-0.39, 0.29) is 5.41 Å². The molecule has 0 spiro atoms. The second-order valence-corrected chi connectivity index (χ2v) is 4.80. The van der Waals surface area contributed by atoms with Crippen molar-refractivity contribution in [3.05, 3.63) is 34.9 Å². The molecule has 0 aromatic heterocycles. The maximum absolute atomic E-state index is 10.1. The minimum absolute atomic E-state index is 0.132. The molecule has 2 heteroatoms. The van der Waals surface area contributed by atoms with Gasteiger partial charge in [-0.05, 0) is 29.0 Å². The molecule has 0 unspecified atom stereocenters. The van der Waals surface area contributed by atoms with Crippen LogP contribution in [0.5, 0.6) is 0 Å². The minimum atomic E-state index is 0.132. The molecule has 1 rings (SSSR count). The number of benzene rings is 1. The normalized spacial score (nSPS) is 10.9. The van der Waals surface area contributed by atoms with Gasteiger partial charge in [-0.15, -0.1) is 0 Å². The van der Waals surface area contributed by atoms with E-state index < -0.39 is 0 Å². The first-order valence-electron chi connectivity index (χ1n) is 5.09. The van der Waals surface area contributed by atoms with E-state index in [0.29, 0.717) is 6.54 Å². The van der Waals surface area contributed by atoms with Crippen molar-refractivity contribution in [1.82, 2.24) is 0 Å². The second-order valence-electron chi connectivity index (χ2n) is 4.80. The Kier molecular flexibility index (Phi) is 3.43. The molecule has 0 heterocycles. The lowest BCUT2D eigenvalue weighted by Crippen LogP contribution is -2.11. The third-order valence-electron chi connectivity index (χ3n) is 2.53. The van der Waals surface area contributed by atoms with E-state index in [1.165, 1.54) is 11.1 Å². The van der Waals surface area contributed by atoms with Crippen LogP contribution in [0.1, 0.15) is 37.5 Å². The van der Waals surface area contributed by atoms with Gasteiger partial charge in [0.05, 0.1) is 6.54 Å². The fourth-order valence-electron chi connectivity index (χ4n) is 1.43. The van der Waals surface area contributed by atoms with Gasteiger partial charge < -0.3 is 0 Å². The fraction of sp³-hybridized carbons (Fsp3) is 0.462. The van der Waals surface area contributed by atoms with Crippen molar-refractivity contribution < 1.29 is 4.79 Å². The van der Waals surface area contributed by atoms with Crippen molar-refractivity contribution in [2.75, 3.05) is 0 Å². The van der Waals surface area contributed by atoms with Crippen LogP contribution in [0, 0.1) is 6.92 Å². The summed E-state index contributed by atoms with van der Waals surface area (Å²) >= 11 is 0. The molecule has 0 saturated carbocycles. The van der Waals surface area contributed by atoms with Crippen molar-refractivity contribution in [2.24, 2.45) is 4.99 Å². The van der Waals surface area contributed by atoms with Gasteiger partial charge in [-0.1, -0.05) is 39.0 Å². The van der Waals surface area contributed by atoms with Crippen molar-refractivity contribution in [3.63, 3.8) is 0 Å². The van der Waals surface area contributed by atoms with Crippen molar-refractivity contribution in [3.8, 4) is 0 Å². The number of aliphatic imine (C=N–C) groups is 1. The van der Waals surface area contributed by atoms with Crippen molar-refractivity contribution in [2.45, 2.75) is 39.7 Å². The smallest absolute Gasteiger partial charge is 0.211 e. The van der Waals surface area contributed by atoms with Gasteiger partial charge in [0.15, 0.2) is 0 Å². The molecule has 0 atom stereocenters. The largest absolute Gasteiger partial charge is 0.235 e. The van der Waals surface area contributed by atoms with Gasteiger partial charge in [-0.2, -0.15) is 0 Å². The summed E-state index contributed by atoms with van der Waals surface area (Å²) in [4.78, 5) is 13.7. The van der Waals surface area contributed by atoms with Gasteiger partial charge in [0.2, 0.25) is 6.08 Å². The quantitative estimate of drug-likeness (QED) is 0.536. The molecule has 80 valence electrons. The molecule has 0 radical (unpaired) electrons. The van der Waals surface area contributed by atoms with E-state index in [9.17, 15) is 4.79 Å². The van der Waals surface area contributed by atoms with Gasteiger partial charge in [-0.25, -0.2) is 9.79 Å². The zero-order chi connectivity index (χ0) is 11.5. The second kappa shape index (κ2) is 4.41. The lowest BCUT2D eigenvalue weighted by molar-refractivity contribution is 0.562. The molecule has 2 nitrogen and oxygen atoms in total. The molecule has 0 aliphatic carbocycles. The average molecular weight is 203 g/mol. The fourth-order valence-corrected chi connectivity index (χ4v) is 1.43. The first-order chi connectivity index (χ1) is 6.95. The van der Waals surface area contributed by atoms with Crippen LogP contribution in [-0.4, -0.2) is 6.08 Å². The van der Waals surface area contributed by atoms with Crippen LogP contribution in [-0.2, 0) is 16.8 Å². The average Bonchev–Trinajstić information content (AvgIpc) is 2.15. The predicted molar refractivity (Wildman–Crippen MR) is 61.7 cm³/mol. The monoisotopic (exact) mass is 203 g/mol. The van der Waals surface area contributed by atoms with E-state index in [1.807, 2.05) is 6.92 Å². The van der Waals surface area contributed by atoms with E-state index in [1.54, 1.807) is 6.08 Å². The maximum atomic E-state index is 10.1. The maximum Gasteiger partial charge on any atom is 0.235 e. The van der Waals surface area contributed by atoms with Gasteiger partial charge in [0.25, 0.3) is 0 Å². The highest BCUT2D eigenvalue weighted by Crippen LogP contribution is 2.24. The van der Waals surface area contributed by atoms with E-state index >= 15 is 0 Å². The Balaban J connectivity index is 3.10. The van der Waals surface area contributed by atoms with Gasteiger partial charge in [-0.3, -0.25) is 0 Å². The highest BCUT2D eigenvalue weighted by molar-refractivity contribution is 5.37. The Morgan fingerprint density at radius 2 is 2.00 bits per heavy atom. The molecule has 0 amide bonds. The summed E-state index contributed by atoms with van der Waals surface area (Å²) in [5.41, 5.74) is 3.67. The van der Waals surface area contributed by atoms with E-state index in [4.69, 9.17) is 0 Å². The SMILES string of the molecule is Cc1ccc(C(C)(C)C)cc1CN=C=O. The van der Waals surface area contributed by atoms with Gasteiger partial charge in [0, 0.05) is 0 Å². The molecule has 1 aromatic carbocycles. The first-order valence-corrected chi connectivity index (χ1v) is 5.09. The molecular weight excluding hydrogens is 186 g/mol. The van der Waals surface area contributed by atoms with Crippen LogP contribution in [0.3, 0.4) is 0 Å². The Morgan fingerprint density at radius 3 is 2.53 bits per heavy atom. The molecule has 0 N–H and O–H groups in total. The van der Waals surface area contributed by atoms with Crippen LogP contribution in [0.2, 0.25) is 0 Å².